The summed E-state index contributed by atoms with van der Waals surface area (Å²) in [5.41, 5.74) is 2.34. The molecule has 2 heterocycles. The van der Waals surface area contributed by atoms with Crippen molar-refractivity contribution in [2.45, 2.75) is 18.9 Å². The third kappa shape index (κ3) is 1.24. The first kappa shape index (κ1) is 7.18. The Morgan fingerprint density at radius 1 is 1.31 bits per heavy atom. The molecule has 3 nitrogen and oxygen atoms in total. The molecular formula is C10H13N3. The number of nitrogens with zero attached hydrogens (tertiary/aromatic N) is 1. The van der Waals surface area contributed by atoms with Crippen LogP contribution in [0.2, 0.25) is 0 Å². The molecule has 1 aliphatic carbocycles. The molecule has 0 amide bonds. The Morgan fingerprint density at radius 2 is 2.23 bits per heavy atom. The average molecular weight is 175 g/mol. The number of anilines is 2. The molecule has 2 aliphatic rings. The van der Waals surface area contributed by atoms with Crippen molar-refractivity contribution in [3.8, 4) is 0 Å². The molecule has 1 aliphatic heterocycles. The fourth-order valence-corrected chi connectivity index (χ4v) is 1.91. The van der Waals surface area contributed by atoms with E-state index in [9.17, 15) is 0 Å². The first-order valence-corrected chi connectivity index (χ1v) is 4.88. The lowest BCUT2D eigenvalue weighted by molar-refractivity contribution is 0.653. The number of rotatable bonds is 1. The van der Waals surface area contributed by atoms with Crippen LogP contribution in [0.15, 0.2) is 18.5 Å². The number of nitrogens with one attached hydrogen (secondary N) is 2. The lowest BCUT2D eigenvalue weighted by atomic mass is 10.1. The van der Waals surface area contributed by atoms with Gasteiger partial charge in [0.1, 0.15) is 0 Å². The van der Waals surface area contributed by atoms with Crippen molar-refractivity contribution in [2.75, 3.05) is 17.2 Å². The van der Waals surface area contributed by atoms with Gasteiger partial charge in [0.25, 0.3) is 0 Å². The highest BCUT2D eigenvalue weighted by Gasteiger charge is 2.33. The van der Waals surface area contributed by atoms with Gasteiger partial charge in [0.2, 0.25) is 0 Å². The molecule has 2 N–H and O–H groups in total. The van der Waals surface area contributed by atoms with E-state index in [1.165, 1.54) is 18.5 Å². The van der Waals surface area contributed by atoms with Crippen molar-refractivity contribution in [3.63, 3.8) is 0 Å². The fourth-order valence-electron chi connectivity index (χ4n) is 1.91. The molecule has 1 unspecified atom stereocenters. The van der Waals surface area contributed by atoms with Crippen LogP contribution in [0.25, 0.3) is 0 Å². The van der Waals surface area contributed by atoms with E-state index in [1.54, 1.807) is 0 Å². The summed E-state index contributed by atoms with van der Waals surface area (Å²) in [7, 11) is 0. The molecule has 0 bridgehead atoms. The van der Waals surface area contributed by atoms with Gasteiger partial charge in [-0.1, -0.05) is 0 Å². The molecule has 68 valence electrons. The molecular weight excluding hydrogens is 162 g/mol. The Labute approximate surface area is 77.6 Å². The van der Waals surface area contributed by atoms with Crippen molar-refractivity contribution in [1.29, 1.82) is 0 Å². The molecule has 0 radical (unpaired) electrons. The number of hydrogen-bond donors (Lipinski definition) is 2. The monoisotopic (exact) mass is 175 g/mol. The van der Waals surface area contributed by atoms with Crippen LogP contribution in [0.5, 0.6) is 0 Å². The van der Waals surface area contributed by atoms with Crippen LogP contribution in [-0.4, -0.2) is 17.6 Å². The first-order valence-electron chi connectivity index (χ1n) is 4.88. The summed E-state index contributed by atoms with van der Waals surface area (Å²) in [5, 5.41) is 6.97. The second kappa shape index (κ2) is 2.62. The maximum atomic E-state index is 4.08. The van der Waals surface area contributed by atoms with E-state index in [1.807, 2.05) is 18.5 Å². The molecule has 0 aromatic carbocycles. The summed E-state index contributed by atoms with van der Waals surface area (Å²) in [6.07, 6.45) is 6.49. The minimum atomic E-state index is 0.634. The molecule has 0 spiro atoms. The van der Waals surface area contributed by atoms with Gasteiger partial charge in [0.05, 0.1) is 17.6 Å². The van der Waals surface area contributed by atoms with Gasteiger partial charge in [-0.3, -0.25) is 4.98 Å². The first-order chi connectivity index (χ1) is 6.43. The van der Waals surface area contributed by atoms with Crippen LogP contribution in [0.3, 0.4) is 0 Å². The molecule has 3 rings (SSSR count). The van der Waals surface area contributed by atoms with E-state index in [4.69, 9.17) is 0 Å². The van der Waals surface area contributed by atoms with Gasteiger partial charge < -0.3 is 10.6 Å². The minimum absolute atomic E-state index is 0.634. The molecule has 1 saturated carbocycles. The van der Waals surface area contributed by atoms with Gasteiger partial charge in [-0.05, 0) is 24.8 Å². The summed E-state index contributed by atoms with van der Waals surface area (Å²) in [5.74, 6) is 0.897. The number of hydrogen-bond acceptors (Lipinski definition) is 3. The van der Waals surface area contributed by atoms with Crippen LogP contribution in [0.4, 0.5) is 11.4 Å². The van der Waals surface area contributed by atoms with Crippen molar-refractivity contribution in [1.82, 2.24) is 4.98 Å². The van der Waals surface area contributed by atoms with Gasteiger partial charge in [-0.15, -0.1) is 0 Å². The van der Waals surface area contributed by atoms with Crippen molar-refractivity contribution < 1.29 is 0 Å². The van der Waals surface area contributed by atoms with Gasteiger partial charge >= 0.3 is 0 Å². The molecule has 1 aromatic heterocycles. The second-order valence-electron chi connectivity index (χ2n) is 3.89. The predicted octanol–water partition coefficient (Wildman–Crippen LogP) is 1.70. The normalized spacial score (nSPS) is 25.7. The Balaban J connectivity index is 1.85. The zero-order valence-electron chi connectivity index (χ0n) is 7.46. The van der Waals surface area contributed by atoms with E-state index >= 15 is 0 Å². The fraction of sp³-hybridized carbons (Fsp3) is 0.500. The molecule has 0 saturated heterocycles. The second-order valence-corrected chi connectivity index (χ2v) is 3.89. The molecule has 13 heavy (non-hydrogen) atoms. The lowest BCUT2D eigenvalue weighted by Gasteiger charge is -2.27. The van der Waals surface area contributed by atoms with E-state index in [0.29, 0.717) is 6.04 Å². The van der Waals surface area contributed by atoms with Gasteiger partial charge in [-0.25, -0.2) is 0 Å². The average Bonchev–Trinajstić information content (AvgIpc) is 3.00. The Morgan fingerprint density at radius 3 is 3.08 bits per heavy atom. The zero-order chi connectivity index (χ0) is 8.67. The van der Waals surface area contributed by atoms with Crippen LogP contribution in [0, 0.1) is 5.92 Å². The predicted molar refractivity (Wildman–Crippen MR) is 52.9 cm³/mol. The Hall–Kier alpha value is -1.25. The molecule has 1 atom stereocenters. The smallest absolute Gasteiger partial charge is 0.0763 e. The van der Waals surface area contributed by atoms with Crippen LogP contribution < -0.4 is 10.6 Å². The van der Waals surface area contributed by atoms with Crippen LogP contribution in [-0.2, 0) is 0 Å². The minimum Gasteiger partial charge on any atom is -0.380 e. The largest absolute Gasteiger partial charge is 0.380 e. The standard InChI is InChI=1S/C10H13N3/c1-2-7(1)9-6-12-10-5-11-4-3-8(10)13-9/h3-5,7,9,12-13H,1-2,6H2. The highest BCUT2D eigenvalue weighted by molar-refractivity contribution is 5.69. The lowest BCUT2D eigenvalue weighted by Crippen LogP contribution is -2.34. The van der Waals surface area contributed by atoms with Gasteiger partial charge in [-0.2, -0.15) is 0 Å². The molecule has 3 heteroatoms. The van der Waals surface area contributed by atoms with Crippen molar-refractivity contribution in [3.05, 3.63) is 18.5 Å². The third-order valence-electron chi connectivity index (χ3n) is 2.87. The maximum Gasteiger partial charge on any atom is 0.0763 e. The summed E-state index contributed by atoms with van der Waals surface area (Å²) < 4.78 is 0. The van der Waals surface area contributed by atoms with E-state index in [0.717, 1.165) is 18.2 Å². The third-order valence-corrected chi connectivity index (χ3v) is 2.87. The molecule has 1 fully saturated rings. The zero-order valence-corrected chi connectivity index (χ0v) is 7.46. The van der Waals surface area contributed by atoms with Crippen molar-refractivity contribution >= 4 is 11.4 Å². The van der Waals surface area contributed by atoms with Gasteiger partial charge in [0.15, 0.2) is 0 Å². The Kier molecular flexibility index (Phi) is 1.45. The van der Waals surface area contributed by atoms with Crippen LogP contribution >= 0.6 is 0 Å². The van der Waals surface area contributed by atoms with Crippen molar-refractivity contribution in [2.24, 2.45) is 5.92 Å². The Bertz CT molecular complexity index is 320. The van der Waals surface area contributed by atoms with E-state index < -0.39 is 0 Å². The quantitative estimate of drug-likeness (QED) is 0.682. The summed E-state index contributed by atoms with van der Waals surface area (Å²) in [6, 6.07) is 2.67. The molecule has 1 aromatic rings. The SMILES string of the molecule is c1cc2c(cn1)NCC(C1CC1)N2. The summed E-state index contributed by atoms with van der Waals surface area (Å²) >= 11 is 0. The summed E-state index contributed by atoms with van der Waals surface area (Å²) in [4.78, 5) is 4.08. The van der Waals surface area contributed by atoms with Gasteiger partial charge in [0, 0.05) is 18.8 Å². The topological polar surface area (TPSA) is 37.0 Å². The highest BCUT2D eigenvalue weighted by atomic mass is 15.1. The number of aromatic nitrogens is 1. The van der Waals surface area contributed by atoms with E-state index in [2.05, 4.69) is 15.6 Å². The highest BCUT2D eigenvalue weighted by Crippen LogP contribution is 2.37. The van der Waals surface area contributed by atoms with Crippen LogP contribution in [0.1, 0.15) is 12.8 Å². The van der Waals surface area contributed by atoms with E-state index in [-0.39, 0.29) is 0 Å². The number of pyridine rings is 1. The maximum absolute atomic E-state index is 4.08. The number of fused-ring (bicyclic) bond motifs is 1. The summed E-state index contributed by atoms with van der Waals surface area (Å²) in [6.45, 7) is 1.04.